The fraction of sp³-hybridized carbons (Fsp3) is 0.231. The smallest absolute Gasteiger partial charge is 0.157 e. The van der Waals surface area contributed by atoms with E-state index in [0.717, 1.165) is 35.5 Å². The Morgan fingerprint density at radius 1 is 0.781 bits per heavy atom. The summed E-state index contributed by atoms with van der Waals surface area (Å²) in [4.78, 5) is 2.55. The van der Waals surface area contributed by atoms with Gasteiger partial charge in [-0.1, -0.05) is 86.1 Å². The first-order valence-corrected chi connectivity index (χ1v) is 12.1. The number of benzene rings is 3. The Morgan fingerprint density at radius 3 is 1.88 bits per heavy atom. The Hall–Kier alpha value is -2.93. The number of unbranched alkanes of at least 4 members (excludes halogenated alkanes) is 3. The van der Waals surface area contributed by atoms with Crippen LogP contribution in [0.2, 0.25) is 0 Å². The number of hydrogen-bond donors (Lipinski definition) is 0. The van der Waals surface area contributed by atoms with E-state index >= 15 is 4.39 Å². The molecule has 32 heavy (non-hydrogen) atoms. The highest BCUT2D eigenvalue weighted by molar-refractivity contribution is 8.02. The van der Waals surface area contributed by atoms with Gasteiger partial charge in [0.1, 0.15) is 23.3 Å². The van der Waals surface area contributed by atoms with Crippen molar-refractivity contribution >= 4 is 23.5 Å². The molecule has 0 unspecified atom stereocenters. The molecule has 0 aliphatic heterocycles. The van der Waals surface area contributed by atoms with E-state index in [2.05, 4.69) is 6.92 Å². The second-order valence-corrected chi connectivity index (χ2v) is 9.18. The first-order chi connectivity index (χ1) is 15.7. The van der Waals surface area contributed by atoms with E-state index in [-0.39, 0.29) is 16.9 Å². The molecule has 0 heterocycles. The second kappa shape index (κ2) is 12.2. The van der Waals surface area contributed by atoms with Crippen LogP contribution in [-0.4, -0.2) is 6.61 Å². The van der Waals surface area contributed by atoms with Gasteiger partial charge in [0.05, 0.1) is 16.4 Å². The number of nitriles is 2. The van der Waals surface area contributed by atoms with Gasteiger partial charge in [-0.3, -0.25) is 0 Å². The van der Waals surface area contributed by atoms with Crippen LogP contribution in [0.25, 0.3) is 0 Å². The van der Waals surface area contributed by atoms with Gasteiger partial charge in [-0.05, 0) is 30.7 Å². The van der Waals surface area contributed by atoms with Crippen LogP contribution >= 0.6 is 23.5 Å². The molecule has 6 heteroatoms. The molecule has 3 aromatic rings. The molecular formula is C26H23FN2OS2. The minimum absolute atomic E-state index is 0.0451. The lowest BCUT2D eigenvalue weighted by Gasteiger charge is -2.19. The standard InChI is InChI=1S/C26H23FN2OS2/c1-2-3-4-11-16-30-24-22(18-29)21(17-28)23(27)25(31-19-12-7-5-8-13-19)26(24)32-20-14-9-6-10-15-20/h5-10,12-15H,2-4,11,16H2,1H3. The lowest BCUT2D eigenvalue weighted by molar-refractivity contribution is 0.295. The summed E-state index contributed by atoms with van der Waals surface area (Å²) < 4.78 is 21.7. The third kappa shape index (κ3) is 5.85. The van der Waals surface area contributed by atoms with Crippen molar-refractivity contribution in [3.8, 4) is 17.9 Å². The molecule has 162 valence electrons. The van der Waals surface area contributed by atoms with Crippen LogP contribution in [0.15, 0.2) is 80.2 Å². The largest absolute Gasteiger partial charge is 0.491 e. The van der Waals surface area contributed by atoms with Crippen molar-refractivity contribution in [2.75, 3.05) is 6.61 Å². The fourth-order valence-corrected chi connectivity index (χ4v) is 5.22. The van der Waals surface area contributed by atoms with Crippen molar-refractivity contribution in [3.63, 3.8) is 0 Å². The van der Waals surface area contributed by atoms with Crippen LogP contribution in [0.3, 0.4) is 0 Å². The number of nitrogens with zero attached hydrogens (tertiary/aromatic N) is 2. The van der Waals surface area contributed by atoms with Gasteiger partial charge in [0.15, 0.2) is 11.6 Å². The van der Waals surface area contributed by atoms with E-state index < -0.39 is 5.82 Å². The zero-order valence-electron chi connectivity index (χ0n) is 17.8. The Balaban J connectivity index is 2.13. The summed E-state index contributed by atoms with van der Waals surface area (Å²) in [6, 6.07) is 22.9. The molecule has 0 aliphatic carbocycles. The average Bonchev–Trinajstić information content (AvgIpc) is 2.83. The van der Waals surface area contributed by atoms with Gasteiger partial charge in [-0.15, -0.1) is 0 Å². The Morgan fingerprint density at radius 2 is 1.34 bits per heavy atom. The predicted octanol–water partition coefficient (Wildman–Crippen LogP) is 7.83. The van der Waals surface area contributed by atoms with E-state index in [1.165, 1.54) is 23.5 Å². The van der Waals surface area contributed by atoms with Crippen molar-refractivity contribution in [2.24, 2.45) is 0 Å². The summed E-state index contributed by atoms with van der Waals surface area (Å²) in [7, 11) is 0. The minimum atomic E-state index is -0.685. The monoisotopic (exact) mass is 462 g/mol. The first-order valence-electron chi connectivity index (χ1n) is 10.5. The Labute approximate surface area is 197 Å². The van der Waals surface area contributed by atoms with Crippen molar-refractivity contribution in [2.45, 2.75) is 52.2 Å². The highest BCUT2D eigenvalue weighted by atomic mass is 32.2. The highest BCUT2D eigenvalue weighted by Crippen LogP contribution is 2.48. The van der Waals surface area contributed by atoms with E-state index in [1.807, 2.05) is 72.8 Å². The highest BCUT2D eigenvalue weighted by Gasteiger charge is 2.27. The summed E-state index contributed by atoms with van der Waals surface area (Å²) in [5.74, 6) is -0.399. The lowest BCUT2D eigenvalue weighted by Crippen LogP contribution is -2.06. The van der Waals surface area contributed by atoms with Gasteiger partial charge in [-0.2, -0.15) is 10.5 Å². The second-order valence-electron chi connectivity index (χ2n) is 7.01. The van der Waals surface area contributed by atoms with E-state index in [9.17, 15) is 10.5 Å². The van der Waals surface area contributed by atoms with Crippen molar-refractivity contribution < 1.29 is 9.13 Å². The molecule has 0 amide bonds. The molecule has 3 nitrogen and oxygen atoms in total. The molecule has 0 N–H and O–H groups in total. The average molecular weight is 463 g/mol. The van der Waals surface area contributed by atoms with Gasteiger partial charge in [0, 0.05) is 9.79 Å². The number of hydrogen-bond acceptors (Lipinski definition) is 5. The number of ether oxygens (including phenoxy) is 1. The van der Waals surface area contributed by atoms with E-state index in [1.54, 1.807) is 0 Å². The fourth-order valence-electron chi connectivity index (χ4n) is 3.10. The van der Waals surface area contributed by atoms with Crippen LogP contribution in [0.1, 0.15) is 43.7 Å². The number of halogens is 1. The number of rotatable bonds is 10. The summed E-state index contributed by atoms with van der Waals surface area (Å²) in [6.45, 7) is 2.54. The van der Waals surface area contributed by atoms with Gasteiger partial charge in [0.25, 0.3) is 0 Å². The van der Waals surface area contributed by atoms with E-state index in [4.69, 9.17) is 4.74 Å². The van der Waals surface area contributed by atoms with Crippen molar-refractivity contribution in [1.82, 2.24) is 0 Å². The molecule has 0 saturated heterocycles. The summed E-state index contributed by atoms with van der Waals surface area (Å²) in [5.41, 5.74) is -0.316. The topological polar surface area (TPSA) is 56.8 Å². The Kier molecular flexibility index (Phi) is 9.04. The van der Waals surface area contributed by atoms with Crippen LogP contribution in [-0.2, 0) is 0 Å². The van der Waals surface area contributed by atoms with Crippen LogP contribution in [0.5, 0.6) is 5.75 Å². The third-order valence-electron chi connectivity index (χ3n) is 4.70. The summed E-state index contributed by atoms with van der Waals surface area (Å²) in [6.07, 6.45) is 4.04. The Bertz CT molecular complexity index is 1120. The molecule has 0 radical (unpaired) electrons. The molecule has 0 aliphatic rings. The molecule has 0 bridgehead atoms. The van der Waals surface area contributed by atoms with Gasteiger partial charge in [-0.25, -0.2) is 4.39 Å². The summed E-state index contributed by atoms with van der Waals surface area (Å²) >= 11 is 2.58. The normalized spacial score (nSPS) is 10.4. The molecule has 0 atom stereocenters. The maximum atomic E-state index is 15.6. The van der Waals surface area contributed by atoms with Gasteiger partial charge < -0.3 is 4.74 Å². The van der Waals surface area contributed by atoms with Gasteiger partial charge in [0.2, 0.25) is 0 Å². The van der Waals surface area contributed by atoms with Crippen molar-refractivity contribution in [1.29, 1.82) is 10.5 Å². The molecule has 3 rings (SSSR count). The van der Waals surface area contributed by atoms with Crippen molar-refractivity contribution in [3.05, 3.63) is 77.6 Å². The zero-order chi connectivity index (χ0) is 22.8. The third-order valence-corrected chi connectivity index (χ3v) is 7.03. The summed E-state index contributed by atoms with van der Waals surface area (Å²) in [5, 5.41) is 19.5. The maximum Gasteiger partial charge on any atom is 0.157 e. The molecule has 0 spiro atoms. The van der Waals surface area contributed by atoms with E-state index in [0.29, 0.717) is 16.4 Å². The minimum Gasteiger partial charge on any atom is -0.491 e. The molecule has 0 aromatic heterocycles. The molecule has 0 saturated carbocycles. The van der Waals surface area contributed by atoms with Crippen LogP contribution in [0.4, 0.5) is 4.39 Å². The van der Waals surface area contributed by atoms with Gasteiger partial charge >= 0.3 is 0 Å². The molecular weight excluding hydrogens is 439 g/mol. The van der Waals surface area contributed by atoms with Crippen LogP contribution < -0.4 is 4.74 Å². The lowest BCUT2D eigenvalue weighted by atomic mass is 10.1. The maximum absolute atomic E-state index is 15.6. The molecule has 3 aromatic carbocycles. The molecule has 0 fully saturated rings. The van der Waals surface area contributed by atoms with Crippen LogP contribution in [0, 0.1) is 28.5 Å². The SMILES string of the molecule is CCCCCCOc1c(C#N)c(C#N)c(F)c(Sc2ccccc2)c1Sc1ccccc1. The zero-order valence-corrected chi connectivity index (χ0v) is 19.4. The quantitative estimate of drug-likeness (QED) is 0.287. The first kappa shape index (κ1) is 23.7. The predicted molar refractivity (Wildman–Crippen MR) is 127 cm³/mol.